The van der Waals surface area contributed by atoms with Crippen LogP contribution in [0.2, 0.25) is 0 Å². The van der Waals surface area contributed by atoms with Crippen molar-refractivity contribution in [1.82, 2.24) is 9.97 Å². The molecule has 0 bridgehead atoms. The minimum absolute atomic E-state index is 0.560. The van der Waals surface area contributed by atoms with E-state index in [2.05, 4.69) is 22.1 Å². The quantitative estimate of drug-likeness (QED) is 0.708. The zero-order valence-electron chi connectivity index (χ0n) is 11.2. The average molecular weight is 262 g/mol. The molecule has 0 amide bonds. The molecule has 98 valence electrons. The molecular weight excluding hydrogens is 248 g/mol. The van der Waals surface area contributed by atoms with Gasteiger partial charge in [0.25, 0.3) is 0 Å². The molecule has 0 unspecified atom stereocenters. The monoisotopic (exact) mass is 262 g/mol. The van der Waals surface area contributed by atoms with Gasteiger partial charge in [0.15, 0.2) is 0 Å². The maximum absolute atomic E-state index is 5.70. The Kier molecular flexibility index (Phi) is 3.42. The number of benzene rings is 2. The molecule has 1 heterocycles. The minimum Gasteiger partial charge on any atom is -0.439 e. The lowest BCUT2D eigenvalue weighted by atomic mass is 10.1. The average Bonchev–Trinajstić information content (AvgIpc) is 2.49. The van der Waals surface area contributed by atoms with E-state index in [9.17, 15) is 0 Å². The van der Waals surface area contributed by atoms with Gasteiger partial charge < -0.3 is 4.74 Å². The first-order valence-corrected chi connectivity index (χ1v) is 6.44. The zero-order valence-corrected chi connectivity index (χ0v) is 11.2. The van der Waals surface area contributed by atoms with Crippen LogP contribution >= 0.6 is 0 Å². The highest BCUT2D eigenvalue weighted by Crippen LogP contribution is 2.24. The molecule has 0 fully saturated rings. The van der Waals surface area contributed by atoms with E-state index in [-0.39, 0.29) is 0 Å². The number of aromatic nitrogens is 2. The van der Waals surface area contributed by atoms with E-state index in [0.717, 1.165) is 11.3 Å². The van der Waals surface area contributed by atoms with Gasteiger partial charge in [-0.15, -0.1) is 0 Å². The molecule has 20 heavy (non-hydrogen) atoms. The lowest BCUT2D eigenvalue weighted by molar-refractivity contribution is 0.460. The molecule has 3 rings (SSSR count). The van der Waals surface area contributed by atoms with Crippen LogP contribution in [0.15, 0.2) is 66.9 Å². The Labute approximate surface area is 117 Å². The lowest BCUT2D eigenvalue weighted by Crippen LogP contribution is -1.91. The molecule has 3 nitrogen and oxygen atoms in total. The van der Waals surface area contributed by atoms with Crippen molar-refractivity contribution in [1.29, 1.82) is 0 Å². The predicted molar refractivity (Wildman–Crippen MR) is 78.7 cm³/mol. The molecule has 0 saturated heterocycles. The maximum atomic E-state index is 5.70. The Balaban J connectivity index is 1.80. The molecular formula is C17H14N2O. The van der Waals surface area contributed by atoms with Gasteiger partial charge in [-0.05, 0) is 30.2 Å². The molecule has 2 aromatic carbocycles. The third-order valence-electron chi connectivity index (χ3n) is 2.93. The summed E-state index contributed by atoms with van der Waals surface area (Å²) in [5, 5.41) is 0. The van der Waals surface area contributed by atoms with E-state index in [4.69, 9.17) is 4.74 Å². The second-order valence-corrected chi connectivity index (χ2v) is 4.43. The zero-order chi connectivity index (χ0) is 13.8. The second kappa shape index (κ2) is 5.53. The van der Waals surface area contributed by atoms with Gasteiger partial charge in [0, 0.05) is 12.3 Å². The molecule has 1 aromatic heterocycles. The maximum Gasteiger partial charge on any atom is 0.222 e. The molecule has 0 saturated carbocycles. The Morgan fingerprint density at radius 1 is 0.800 bits per heavy atom. The van der Waals surface area contributed by atoms with Crippen molar-refractivity contribution in [3.63, 3.8) is 0 Å². The summed E-state index contributed by atoms with van der Waals surface area (Å²) >= 11 is 0. The number of aryl methyl sites for hydroxylation is 1. The largest absolute Gasteiger partial charge is 0.439 e. The van der Waals surface area contributed by atoms with Crippen molar-refractivity contribution < 1.29 is 4.74 Å². The summed E-state index contributed by atoms with van der Waals surface area (Å²) in [7, 11) is 0. The van der Waals surface area contributed by atoms with Crippen LogP contribution < -0.4 is 4.74 Å². The number of nitrogens with zero attached hydrogens (tertiary/aromatic N) is 2. The third kappa shape index (κ3) is 2.83. The van der Waals surface area contributed by atoms with E-state index in [1.807, 2.05) is 49.4 Å². The first-order valence-electron chi connectivity index (χ1n) is 6.44. The van der Waals surface area contributed by atoms with Crippen LogP contribution in [0.25, 0.3) is 11.1 Å². The van der Waals surface area contributed by atoms with Crippen LogP contribution in [0.1, 0.15) is 5.82 Å². The third-order valence-corrected chi connectivity index (χ3v) is 2.93. The second-order valence-electron chi connectivity index (χ2n) is 4.43. The topological polar surface area (TPSA) is 35.0 Å². The Morgan fingerprint density at radius 3 is 2.20 bits per heavy atom. The van der Waals surface area contributed by atoms with Crippen molar-refractivity contribution in [2.45, 2.75) is 6.92 Å². The predicted octanol–water partition coefficient (Wildman–Crippen LogP) is 4.24. The summed E-state index contributed by atoms with van der Waals surface area (Å²) in [6, 6.07) is 20.0. The molecule has 3 heteroatoms. The van der Waals surface area contributed by atoms with E-state index in [1.165, 1.54) is 5.56 Å². The number of ether oxygens (including phenoxy) is 1. The number of hydrogen-bond donors (Lipinski definition) is 0. The van der Waals surface area contributed by atoms with Crippen LogP contribution in [0, 0.1) is 6.92 Å². The Hall–Kier alpha value is -2.68. The summed E-state index contributed by atoms with van der Waals surface area (Å²) in [6.45, 7) is 1.84. The normalized spacial score (nSPS) is 10.2. The Morgan fingerprint density at radius 2 is 1.50 bits per heavy atom. The molecule has 3 aromatic rings. The molecule has 0 aliphatic rings. The molecule has 0 spiro atoms. The van der Waals surface area contributed by atoms with Crippen LogP contribution in [0.3, 0.4) is 0 Å². The highest BCUT2D eigenvalue weighted by Gasteiger charge is 2.01. The molecule has 0 N–H and O–H groups in total. The van der Waals surface area contributed by atoms with Crippen molar-refractivity contribution >= 4 is 0 Å². The highest BCUT2D eigenvalue weighted by atomic mass is 16.5. The van der Waals surface area contributed by atoms with Crippen LogP contribution in [0.5, 0.6) is 11.6 Å². The van der Waals surface area contributed by atoms with Crippen LogP contribution in [0.4, 0.5) is 0 Å². The smallest absolute Gasteiger partial charge is 0.222 e. The molecule has 0 aliphatic heterocycles. The van der Waals surface area contributed by atoms with Crippen molar-refractivity contribution in [2.24, 2.45) is 0 Å². The van der Waals surface area contributed by atoms with Crippen LogP contribution in [-0.4, -0.2) is 9.97 Å². The van der Waals surface area contributed by atoms with Gasteiger partial charge in [-0.1, -0.05) is 42.5 Å². The SMILES string of the molecule is Cc1nccc(Oc2ccc(-c3ccccc3)cc2)n1. The minimum atomic E-state index is 0.560. The van der Waals surface area contributed by atoms with E-state index in [1.54, 1.807) is 12.3 Å². The lowest BCUT2D eigenvalue weighted by Gasteiger charge is -2.06. The molecule has 0 atom stereocenters. The van der Waals surface area contributed by atoms with Gasteiger partial charge >= 0.3 is 0 Å². The van der Waals surface area contributed by atoms with Gasteiger partial charge in [-0.2, -0.15) is 4.98 Å². The van der Waals surface area contributed by atoms with E-state index in [0.29, 0.717) is 11.7 Å². The van der Waals surface area contributed by atoms with E-state index < -0.39 is 0 Å². The first-order chi connectivity index (χ1) is 9.81. The van der Waals surface area contributed by atoms with Crippen molar-refractivity contribution in [3.8, 4) is 22.8 Å². The first kappa shape index (κ1) is 12.4. The number of rotatable bonds is 3. The highest BCUT2D eigenvalue weighted by molar-refractivity contribution is 5.63. The fourth-order valence-electron chi connectivity index (χ4n) is 1.96. The standard InChI is InChI=1S/C17H14N2O/c1-13-18-12-11-17(19-13)20-16-9-7-15(8-10-16)14-5-3-2-4-6-14/h2-12H,1H3. The van der Waals surface area contributed by atoms with Gasteiger partial charge in [-0.25, -0.2) is 4.98 Å². The van der Waals surface area contributed by atoms with Gasteiger partial charge in [-0.3, -0.25) is 0 Å². The summed E-state index contributed by atoms with van der Waals surface area (Å²) in [4.78, 5) is 8.26. The molecule has 0 aliphatic carbocycles. The van der Waals surface area contributed by atoms with Crippen molar-refractivity contribution in [2.75, 3.05) is 0 Å². The summed E-state index contributed by atoms with van der Waals surface area (Å²) < 4.78 is 5.70. The van der Waals surface area contributed by atoms with Crippen LogP contribution in [-0.2, 0) is 0 Å². The summed E-state index contributed by atoms with van der Waals surface area (Å²) in [5.74, 6) is 2.02. The fraction of sp³-hybridized carbons (Fsp3) is 0.0588. The van der Waals surface area contributed by atoms with E-state index >= 15 is 0 Å². The Bertz CT molecular complexity index is 694. The number of hydrogen-bond acceptors (Lipinski definition) is 3. The van der Waals surface area contributed by atoms with Gasteiger partial charge in [0.05, 0.1) is 0 Å². The van der Waals surface area contributed by atoms with Gasteiger partial charge in [0.2, 0.25) is 5.88 Å². The van der Waals surface area contributed by atoms with Gasteiger partial charge in [0.1, 0.15) is 11.6 Å². The summed E-state index contributed by atoms with van der Waals surface area (Å²) in [6.07, 6.45) is 1.69. The fourth-order valence-corrected chi connectivity index (χ4v) is 1.96. The molecule has 0 radical (unpaired) electrons. The summed E-state index contributed by atoms with van der Waals surface area (Å²) in [5.41, 5.74) is 2.36. The van der Waals surface area contributed by atoms with Crippen molar-refractivity contribution in [3.05, 3.63) is 72.7 Å².